The highest BCUT2D eigenvalue weighted by atomic mass is 127. The SMILES string of the molecule is CCOc1cc(C=Nc2c(C)n(C)n(-c3ccccc3)c2=O)cc(I)c1OCc1ccccc1. The summed E-state index contributed by atoms with van der Waals surface area (Å²) in [6.07, 6.45) is 1.70. The average Bonchev–Trinajstić information content (AvgIpc) is 3.06. The zero-order chi connectivity index (χ0) is 24.1. The van der Waals surface area contributed by atoms with E-state index in [0.717, 1.165) is 26.1 Å². The second-order valence-corrected chi connectivity index (χ2v) is 8.87. The molecule has 34 heavy (non-hydrogen) atoms. The lowest BCUT2D eigenvalue weighted by atomic mass is 10.2. The number of para-hydroxylation sites is 1. The predicted octanol–water partition coefficient (Wildman–Crippen LogP) is 5.82. The molecule has 0 fully saturated rings. The zero-order valence-electron chi connectivity index (χ0n) is 19.4. The summed E-state index contributed by atoms with van der Waals surface area (Å²) < 4.78 is 16.3. The Hall–Kier alpha value is -3.33. The molecule has 0 saturated carbocycles. The molecule has 0 saturated heterocycles. The van der Waals surface area contributed by atoms with Gasteiger partial charge in [0.2, 0.25) is 0 Å². The molecule has 0 aliphatic rings. The van der Waals surface area contributed by atoms with Crippen LogP contribution in [0.3, 0.4) is 0 Å². The Kier molecular flexibility index (Phi) is 7.52. The van der Waals surface area contributed by atoms with E-state index in [1.807, 2.05) is 98.4 Å². The van der Waals surface area contributed by atoms with Crippen molar-refractivity contribution in [2.45, 2.75) is 20.5 Å². The van der Waals surface area contributed by atoms with Gasteiger partial charge in [0.15, 0.2) is 17.2 Å². The molecule has 7 heteroatoms. The molecule has 0 N–H and O–H groups in total. The van der Waals surface area contributed by atoms with Crippen LogP contribution in [0.5, 0.6) is 11.5 Å². The molecule has 0 radical (unpaired) electrons. The normalized spacial score (nSPS) is 11.2. The summed E-state index contributed by atoms with van der Waals surface area (Å²) in [6, 6.07) is 23.4. The molecule has 3 aromatic carbocycles. The van der Waals surface area contributed by atoms with Crippen LogP contribution in [0.2, 0.25) is 0 Å². The standard InChI is InChI=1S/C27H26IN3O3/c1-4-33-24-16-21(15-23(28)26(24)34-18-20-11-7-5-8-12-20)17-29-25-19(2)30(3)31(27(25)32)22-13-9-6-10-14-22/h5-17H,4,18H2,1-3H3. The Labute approximate surface area is 212 Å². The van der Waals surface area contributed by atoms with Crippen molar-refractivity contribution in [3.63, 3.8) is 0 Å². The van der Waals surface area contributed by atoms with Gasteiger partial charge in [0, 0.05) is 13.3 Å². The van der Waals surface area contributed by atoms with E-state index >= 15 is 0 Å². The Morgan fingerprint density at radius 3 is 2.35 bits per heavy atom. The highest BCUT2D eigenvalue weighted by Gasteiger charge is 2.16. The topological polar surface area (TPSA) is 57.8 Å². The van der Waals surface area contributed by atoms with Crippen LogP contribution in [-0.2, 0) is 13.7 Å². The number of benzene rings is 3. The van der Waals surface area contributed by atoms with Crippen LogP contribution in [-0.4, -0.2) is 22.2 Å². The summed E-state index contributed by atoms with van der Waals surface area (Å²) in [6.45, 7) is 4.79. The Balaban J connectivity index is 1.64. The van der Waals surface area contributed by atoms with Crippen LogP contribution in [0.4, 0.5) is 5.69 Å². The fraction of sp³-hybridized carbons (Fsp3) is 0.185. The first-order valence-electron chi connectivity index (χ1n) is 11.0. The van der Waals surface area contributed by atoms with E-state index in [9.17, 15) is 4.79 Å². The minimum Gasteiger partial charge on any atom is -0.490 e. The van der Waals surface area contributed by atoms with Crippen LogP contribution in [0, 0.1) is 10.5 Å². The number of hydrogen-bond acceptors (Lipinski definition) is 4. The van der Waals surface area contributed by atoms with Crippen LogP contribution in [0.1, 0.15) is 23.7 Å². The molecule has 0 bridgehead atoms. The van der Waals surface area contributed by atoms with Crippen LogP contribution < -0.4 is 15.0 Å². The molecule has 1 heterocycles. The van der Waals surface area contributed by atoms with E-state index in [0.29, 0.717) is 30.4 Å². The molecular weight excluding hydrogens is 541 g/mol. The van der Waals surface area contributed by atoms with E-state index in [1.165, 1.54) is 0 Å². The first-order chi connectivity index (χ1) is 16.5. The summed E-state index contributed by atoms with van der Waals surface area (Å²) in [5.74, 6) is 1.35. The molecule has 0 atom stereocenters. The van der Waals surface area contributed by atoms with Gasteiger partial charge in [-0.25, -0.2) is 9.67 Å². The maximum Gasteiger partial charge on any atom is 0.297 e. The molecule has 1 aromatic heterocycles. The van der Waals surface area contributed by atoms with Crippen LogP contribution >= 0.6 is 22.6 Å². The van der Waals surface area contributed by atoms with E-state index in [1.54, 1.807) is 10.9 Å². The third-order valence-corrected chi connectivity index (χ3v) is 6.23. The fourth-order valence-corrected chi connectivity index (χ4v) is 4.42. The average molecular weight is 567 g/mol. The smallest absolute Gasteiger partial charge is 0.297 e. The van der Waals surface area contributed by atoms with Gasteiger partial charge >= 0.3 is 0 Å². The molecular formula is C27H26IN3O3. The molecule has 174 valence electrons. The number of ether oxygens (including phenoxy) is 2. The maximum atomic E-state index is 13.1. The monoisotopic (exact) mass is 567 g/mol. The first-order valence-corrected chi connectivity index (χ1v) is 12.1. The van der Waals surface area contributed by atoms with Gasteiger partial charge in [-0.05, 0) is 71.8 Å². The van der Waals surface area contributed by atoms with Crippen molar-refractivity contribution in [3.05, 3.63) is 104 Å². The van der Waals surface area contributed by atoms with E-state index < -0.39 is 0 Å². The predicted molar refractivity (Wildman–Crippen MR) is 144 cm³/mol. The zero-order valence-corrected chi connectivity index (χ0v) is 21.5. The van der Waals surface area contributed by atoms with Gasteiger partial charge in [0.1, 0.15) is 6.61 Å². The van der Waals surface area contributed by atoms with Gasteiger partial charge < -0.3 is 9.47 Å². The van der Waals surface area contributed by atoms with Crippen molar-refractivity contribution in [3.8, 4) is 17.2 Å². The summed E-state index contributed by atoms with van der Waals surface area (Å²) in [5.41, 5.74) is 3.74. The van der Waals surface area contributed by atoms with E-state index in [-0.39, 0.29) is 5.56 Å². The number of rotatable bonds is 8. The number of hydrogen-bond donors (Lipinski definition) is 0. The second-order valence-electron chi connectivity index (χ2n) is 7.71. The van der Waals surface area contributed by atoms with Crippen molar-refractivity contribution >= 4 is 34.5 Å². The van der Waals surface area contributed by atoms with Crippen LogP contribution in [0.15, 0.2) is 82.6 Å². The molecule has 4 aromatic rings. The van der Waals surface area contributed by atoms with Gasteiger partial charge in [0.05, 0.1) is 21.6 Å². The lowest BCUT2D eigenvalue weighted by molar-refractivity contribution is 0.267. The van der Waals surface area contributed by atoms with E-state index in [2.05, 4.69) is 27.6 Å². The second kappa shape index (κ2) is 10.7. The number of halogens is 1. The van der Waals surface area contributed by atoms with Crippen molar-refractivity contribution in [1.82, 2.24) is 9.36 Å². The Morgan fingerprint density at radius 2 is 1.68 bits per heavy atom. The summed E-state index contributed by atoms with van der Waals surface area (Å²) in [7, 11) is 1.86. The summed E-state index contributed by atoms with van der Waals surface area (Å²) in [4.78, 5) is 17.7. The summed E-state index contributed by atoms with van der Waals surface area (Å²) in [5, 5.41) is 0. The van der Waals surface area contributed by atoms with Crippen molar-refractivity contribution in [1.29, 1.82) is 0 Å². The highest BCUT2D eigenvalue weighted by Crippen LogP contribution is 2.34. The minimum absolute atomic E-state index is 0.162. The molecule has 0 aliphatic carbocycles. The van der Waals surface area contributed by atoms with Gasteiger partial charge in [-0.1, -0.05) is 48.5 Å². The Bertz CT molecular complexity index is 1360. The molecule has 0 amide bonds. The van der Waals surface area contributed by atoms with Gasteiger partial charge in [0.25, 0.3) is 5.56 Å². The van der Waals surface area contributed by atoms with E-state index in [4.69, 9.17) is 9.47 Å². The largest absolute Gasteiger partial charge is 0.490 e. The van der Waals surface area contributed by atoms with Crippen LogP contribution in [0.25, 0.3) is 5.69 Å². The number of nitrogens with zero attached hydrogens (tertiary/aromatic N) is 3. The van der Waals surface area contributed by atoms with Crippen molar-refractivity contribution in [2.75, 3.05) is 6.61 Å². The third-order valence-electron chi connectivity index (χ3n) is 5.42. The van der Waals surface area contributed by atoms with Gasteiger partial charge in [-0.3, -0.25) is 9.48 Å². The minimum atomic E-state index is -0.162. The summed E-state index contributed by atoms with van der Waals surface area (Å²) >= 11 is 2.24. The lowest BCUT2D eigenvalue weighted by Crippen LogP contribution is -2.19. The van der Waals surface area contributed by atoms with Gasteiger partial charge in [-0.2, -0.15) is 0 Å². The first kappa shape index (κ1) is 23.8. The lowest BCUT2D eigenvalue weighted by Gasteiger charge is -2.14. The molecule has 6 nitrogen and oxygen atoms in total. The Morgan fingerprint density at radius 1 is 1.00 bits per heavy atom. The maximum absolute atomic E-state index is 13.1. The van der Waals surface area contributed by atoms with Crippen molar-refractivity contribution in [2.24, 2.45) is 12.0 Å². The molecule has 4 rings (SSSR count). The quantitative estimate of drug-likeness (QED) is 0.199. The molecule has 0 spiro atoms. The highest BCUT2D eigenvalue weighted by molar-refractivity contribution is 14.1. The number of aliphatic imine (C=N–C) groups is 1. The third kappa shape index (κ3) is 5.09. The fourth-order valence-electron chi connectivity index (χ4n) is 3.64. The van der Waals surface area contributed by atoms with Gasteiger partial charge in [-0.15, -0.1) is 0 Å². The number of aromatic nitrogens is 2. The molecule has 0 aliphatic heterocycles. The van der Waals surface area contributed by atoms with Crippen molar-refractivity contribution < 1.29 is 9.47 Å². The molecule has 0 unspecified atom stereocenters.